The third-order valence-electron chi connectivity index (χ3n) is 3.80. The van der Waals surface area contributed by atoms with Crippen molar-refractivity contribution in [1.82, 2.24) is 4.98 Å². The Morgan fingerprint density at radius 3 is 2.28 bits per heavy atom. The van der Waals surface area contributed by atoms with Crippen LogP contribution < -0.4 is 11.3 Å². The maximum Gasteiger partial charge on any atom is 0.268 e. The maximum atomic E-state index is 13.6. The van der Waals surface area contributed by atoms with E-state index >= 15 is 0 Å². The molecule has 5 nitrogen and oxygen atoms in total. The van der Waals surface area contributed by atoms with Gasteiger partial charge in [-0.15, -0.1) is 0 Å². The first-order chi connectivity index (χ1) is 12.1. The van der Waals surface area contributed by atoms with Gasteiger partial charge in [-0.1, -0.05) is 36.4 Å². The summed E-state index contributed by atoms with van der Waals surface area (Å²) in [6, 6.07) is 16.5. The van der Waals surface area contributed by atoms with Crippen LogP contribution in [0.4, 0.5) is 10.2 Å². The number of hydrogen-bond acceptors (Lipinski definition) is 4. The molecule has 120 valence electrons. The predicted octanol–water partition coefficient (Wildman–Crippen LogP) is 3.17. The van der Waals surface area contributed by atoms with Crippen molar-refractivity contribution in [3.8, 4) is 34.4 Å². The Kier molecular flexibility index (Phi) is 4.03. The first kappa shape index (κ1) is 16.0. The number of nitriles is 2. The molecule has 0 fully saturated rings. The molecule has 0 saturated heterocycles. The fourth-order valence-corrected chi connectivity index (χ4v) is 2.72. The van der Waals surface area contributed by atoms with Gasteiger partial charge in [0.1, 0.15) is 34.9 Å². The van der Waals surface area contributed by atoms with Crippen LogP contribution in [0, 0.1) is 28.5 Å². The van der Waals surface area contributed by atoms with Gasteiger partial charge in [-0.05, 0) is 28.8 Å². The number of pyridine rings is 1. The molecule has 6 heteroatoms. The van der Waals surface area contributed by atoms with Gasteiger partial charge in [0, 0.05) is 5.56 Å². The second kappa shape index (κ2) is 6.31. The molecule has 0 unspecified atom stereocenters. The molecular formula is C19H11FN4O. The van der Waals surface area contributed by atoms with Gasteiger partial charge in [-0.25, -0.2) is 4.39 Å². The van der Waals surface area contributed by atoms with Crippen molar-refractivity contribution in [2.45, 2.75) is 0 Å². The molecule has 0 saturated carbocycles. The van der Waals surface area contributed by atoms with Crippen molar-refractivity contribution < 1.29 is 4.39 Å². The lowest BCUT2D eigenvalue weighted by atomic mass is 9.90. The van der Waals surface area contributed by atoms with E-state index in [9.17, 15) is 19.7 Å². The molecule has 0 aliphatic rings. The van der Waals surface area contributed by atoms with Crippen molar-refractivity contribution in [2.75, 3.05) is 5.73 Å². The quantitative estimate of drug-likeness (QED) is 0.752. The van der Waals surface area contributed by atoms with Crippen molar-refractivity contribution in [3.63, 3.8) is 0 Å². The Bertz CT molecular complexity index is 1120. The van der Waals surface area contributed by atoms with Crippen molar-refractivity contribution in [3.05, 3.63) is 75.8 Å². The SMILES string of the molecule is N#Cc1c(N)[nH]c(=O)c(C#N)c1-c1ccccc1-c1cccc(F)c1. The predicted molar refractivity (Wildman–Crippen MR) is 91.7 cm³/mol. The number of benzene rings is 2. The molecule has 25 heavy (non-hydrogen) atoms. The summed E-state index contributed by atoms with van der Waals surface area (Å²) in [6.07, 6.45) is 0. The fraction of sp³-hybridized carbons (Fsp3) is 0. The lowest BCUT2D eigenvalue weighted by Crippen LogP contribution is -2.16. The zero-order valence-electron chi connectivity index (χ0n) is 12.9. The van der Waals surface area contributed by atoms with E-state index in [0.717, 1.165) is 0 Å². The average molecular weight is 330 g/mol. The van der Waals surface area contributed by atoms with Crippen molar-refractivity contribution in [1.29, 1.82) is 10.5 Å². The maximum absolute atomic E-state index is 13.6. The van der Waals surface area contributed by atoms with Crippen LogP contribution in [0.1, 0.15) is 11.1 Å². The normalized spacial score (nSPS) is 10.0. The number of aromatic amines is 1. The molecule has 0 radical (unpaired) electrons. The standard InChI is InChI=1S/C19H11FN4O/c20-12-5-3-4-11(8-12)13-6-1-2-7-14(13)17-15(9-21)18(23)24-19(25)16(17)10-22/h1-8H,(H3,23,24,25). The summed E-state index contributed by atoms with van der Waals surface area (Å²) in [6.45, 7) is 0. The third kappa shape index (κ3) is 2.73. The Labute approximate surface area is 142 Å². The van der Waals surface area contributed by atoms with E-state index in [-0.39, 0.29) is 22.5 Å². The molecule has 3 N–H and O–H groups in total. The monoisotopic (exact) mass is 330 g/mol. The summed E-state index contributed by atoms with van der Waals surface area (Å²) < 4.78 is 13.6. The molecule has 3 rings (SSSR count). The molecule has 2 aromatic carbocycles. The molecule has 1 heterocycles. The van der Waals surface area contributed by atoms with E-state index in [1.54, 1.807) is 36.4 Å². The van der Waals surface area contributed by atoms with E-state index in [2.05, 4.69) is 4.98 Å². The molecule has 0 bridgehead atoms. The first-order valence-electron chi connectivity index (χ1n) is 7.28. The molecule has 1 aromatic heterocycles. The summed E-state index contributed by atoms with van der Waals surface area (Å²) >= 11 is 0. The molecule has 0 aliphatic heterocycles. The van der Waals surface area contributed by atoms with E-state index in [4.69, 9.17) is 5.73 Å². The number of H-pyrrole nitrogens is 1. The number of rotatable bonds is 2. The number of hydrogen-bond donors (Lipinski definition) is 2. The summed E-state index contributed by atoms with van der Waals surface area (Å²) in [5.74, 6) is -0.533. The van der Waals surface area contributed by atoms with Gasteiger partial charge in [0.15, 0.2) is 0 Å². The van der Waals surface area contributed by atoms with Crippen molar-refractivity contribution in [2.24, 2.45) is 0 Å². The minimum atomic E-state index is -0.678. The van der Waals surface area contributed by atoms with E-state index in [1.807, 2.05) is 12.1 Å². The molecular weight excluding hydrogens is 319 g/mol. The lowest BCUT2D eigenvalue weighted by Gasteiger charge is -2.13. The van der Waals surface area contributed by atoms with Crippen LogP contribution in [0.3, 0.4) is 0 Å². The molecule has 0 amide bonds. The highest BCUT2D eigenvalue weighted by Crippen LogP contribution is 2.36. The fourth-order valence-electron chi connectivity index (χ4n) is 2.72. The van der Waals surface area contributed by atoms with Crippen LogP contribution in [-0.4, -0.2) is 4.98 Å². The van der Waals surface area contributed by atoms with Gasteiger partial charge in [0.05, 0.1) is 0 Å². The second-order valence-corrected chi connectivity index (χ2v) is 5.27. The van der Waals surface area contributed by atoms with Gasteiger partial charge in [0.2, 0.25) is 0 Å². The molecule has 3 aromatic rings. The smallest absolute Gasteiger partial charge is 0.268 e. The number of nitrogens with one attached hydrogen (secondary N) is 1. The number of nitrogens with zero attached hydrogens (tertiary/aromatic N) is 2. The van der Waals surface area contributed by atoms with Crippen LogP contribution in [-0.2, 0) is 0 Å². The average Bonchev–Trinajstić information content (AvgIpc) is 2.61. The van der Waals surface area contributed by atoms with E-state index < -0.39 is 11.4 Å². The number of nitrogens with two attached hydrogens (primary N) is 1. The third-order valence-corrected chi connectivity index (χ3v) is 3.80. The molecule has 0 aliphatic carbocycles. The van der Waals surface area contributed by atoms with Gasteiger partial charge >= 0.3 is 0 Å². The number of nitrogen functional groups attached to an aromatic ring is 1. The minimum Gasteiger partial charge on any atom is -0.384 e. The number of halogens is 1. The summed E-state index contributed by atoms with van der Waals surface area (Å²) in [5, 5.41) is 18.9. The number of anilines is 1. The van der Waals surface area contributed by atoms with Crippen LogP contribution in [0.5, 0.6) is 0 Å². The van der Waals surface area contributed by atoms with Crippen LogP contribution in [0.25, 0.3) is 22.3 Å². The zero-order chi connectivity index (χ0) is 18.0. The van der Waals surface area contributed by atoms with Crippen LogP contribution in [0.2, 0.25) is 0 Å². The largest absolute Gasteiger partial charge is 0.384 e. The summed E-state index contributed by atoms with van der Waals surface area (Å²) in [5.41, 5.74) is 6.61. The van der Waals surface area contributed by atoms with E-state index in [0.29, 0.717) is 16.7 Å². The Hall–Kier alpha value is -3.90. The van der Waals surface area contributed by atoms with Crippen LogP contribution in [0.15, 0.2) is 53.3 Å². The van der Waals surface area contributed by atoms with Gasteiger partial charge in [0.25, 0.3) is 5.56 Å². The minimum absolute atomic E-state index is 0.00000283. The topological polar surface area (TPSA) is 106 Å². The Balaban J connectivity index is 2.43. The highest BCUT2D eigenvalue weighted by molar-refractivity contribution is 5.90. The van der Waals surface area contributed by atoms with Gasteiger partial charge in [-0.2, -0.15) is 10.5 Å². The van der Waals surface area contributed by atoms with Crippen LogP contribution >= 0.6 is 0 Å². The zero-order valence-corrected chi connectivity index (χ0v) is 12.9. The van der Waals surface area contributed by atoms with E-state index in [1.165, 1.54) is 12.1 Å². The Morgan fingerprint density at radius 2 is 1.64 bits per heavy atom. The first-order valence-corrected chi connectivity index (χ1v) is 7.28. The summed E-state index contributed by atoms with van der Waals surface area (Å²) in [4.78, 5) is 14.4. The lowest BCUT2D eigenvalue weighted by molar-refractivity contribution is 0.628. The highest BCUT2D eigenvalue weighted by atomic mass is 19.1. The Morgan fingerprint density at radius 1 is 0.960 bits per heavy atom. The molecule has 0 atom stereocenters. The molecule has 0 spiro atoms. The number of aromatic nitrogens is 1. The second-order valence-electron chi connectivity index (χ2n) is 5.27. The van der Waals surface area contributed by atoms with Gasteiger partial charge < -0.3 is 10.7 Å². The summed E-state index contributed by atoms with van der Waals surface area (Å²) in [7, 11) is 0. The highest BCUT2D eigenvalue weighted by Gasteiger charge is 2.20. The van der Waals surface area contributed by atoms with Gasteiger partial charge in [-0.3, -0.25) is 4.79 Å². The van der Waals surface area contributed by atoms with Crippen molar-refractivity contribution >= 4 is 5.82 Å².